The van der Waals surface area contributed by atoms with Gasteiger partial charge in [0.1, 0.15) is 0 Å². The Morgan fingerprint density at radius 2 is 2.33 bits per heavy atom. The summed E-state index contributed by atoms with van der Waals surface area (Å²) >= 11 is 0. The van der Waals surface area contributed by atoms with E-state index in [2.05, 4.69) is 0 Å². The number of rotatable bonds is 4. The van der Waals surface area contributed by atoms with Crippen LogP contribution in [0.2, 0.25) is 0 Å². The summed E-state index contributed by atoms with van der Waals surface area (Å²) in [6.45, 7) is 6.33. The van der Waals surface area contributed by atoms with Crippen molar-refractivity contribution in [3.8, 4) is 0 Å². The third-order valence-electron chi connectivity index (χ3n) is 2.84. The SMILES string of the molecule is CC[C@@H](C[C@@]1(C)OCC[C@H](C)O1)C(=O)O. The number of carboxylic acids is 1. The molecule has 1 N–H and O–H groups in total. The molecule has 4 heteroatoms. The molecule has 0 unspecified atom stereocenters. The quantitative estimate of drug-likeness (QED) is 0.781. The van der Waals surface area contributed by atoms with Crippen LogP contribution in [0.15, 0.2) is 0 Å². The molecule has 0 aromatic carbocycles. The first-order chi connectivity index (χ1) is 6.97. The summed E-state index contributed by atoms with van der Waals surface area (Å²) in [5, 5.41) is 8.97. The number of hydrogen-bond acceptors (Lipinski definition) is 3. The molecule has 0 spiro atoms. The van der Waals surface area contributed by atoms with Gasteiger partial charge in [-0.3, -0.25) is 4.79 Å². The Kier molecular flexibility index (Phi) is 4.11. The molecule has 4 nitrogen and oxygen atoms in total. The Hall–Kier alpha value is -0.610. The lowest BCUT2D eigenvalue weighted by atomic mass is 9.96. The summed E-state index contributed by atoms with van der Waals surface area (Å²) in [5.74, 6) is -1.89. The second kappa shape index (κ2) is 4.94. The Morgan fingerprint density at radius 3 is 2.80 bits per heavy atom. The van der Waals surface area contributed by atoms with Crippen LogP contribution < -0.4 is 0 Å². The highest BCUT2D eigenvalue weighted by atomic mass is 16.7. The molecule has 1 heterocycles. The first-order valence-corrected chi connectivity index (χ1v) is 5.51. The first kappa shape index (κ1) is 12.5. The van der Waals surface area contributed by atoms with Gasteiger partial charge in [0.25, 0.3) is 0 Å². The molecule has 0 radical (unpaired) electrons. The lowest BCUT2D eigenvalue weighted by Gasteiger charge is -2.38. The molecule has 0 saturated carbocycles. The van der Waals surface area contributed by atoms with Gasteiger partial charge in [0.2, 0.25) is 0 Å². The van der Waals surface area contributed by atoms with Gasteiger partial charge in [-0.1, -0.05) is 6.92 Å². The molecular weight excluding hydrogens is 196 g/mol. The van der Waals surface area contributed by atoms with Crippen molar-refractivity contribution in [2.24, 2.45) is 5.92 Å². The van der Waals surface area contributed by atoms with Crippen LogP contribution in [-0.4, -0.2) is 29.6 Å². The number of aliphatic carboxylic acids is 1. The van der Waals surface area contributed by atoms with Gasteiger partial charge >= 0.3 is 5.97 Å². The zero-order valence-corrected chi connectivity index (χ0v) is 9.66. The zero-order valence-electron chi connectivity index (χ0n) is 9.66. The van der Waals surface area contributed by atoms with Crippen molar-refractivity contribution in [2.45, 2.75) is 51.9 Å². The highest BCUT2D eigenvalue weighted by Crippen LogP contribution is 2.30. The summed E-state index contributed by atoms with van der Waals surface area (Å²) in [5.41, 5.74) is 0. The smallest absolute Gasteiger partial charge is 0.306 e. The monoisotopic (exact) mass is 216 g/mol. The standard InChI is InChI=1S/C11H20O4/c1-4-9(10(12)13)7-11(3)14-6-5-8(2)15-11/h8-9H,4-7H2,1-3H3,(H,12,13)/t8-,9-,11-/m0/s1. The molecule has 0 aliphatic carbocycles. The largest absolute Gasteiger partial charge is 0.481 e. The molecule has 88 valence electrons. The first-order valence-electron chi connectivity index (χ1n) is 5.51. The van der Waals surface area contributed by atoms with Crippen LogP contribution in [0.1, 0.15) is 40.0 Å². The number of carboxylic acid groups (broad SMARTS) is 1. The van der Waals surface area contributed by atoms with Crippen molar-refractivity contribution < 1.29 is 19.4 Å². The summed E-state index contributed by atoms with van der Waals surface area (Å²) in [4.78, 5) is 10.9. The molecule has 0 bridgehead atoms. The zero-order chi connectivity index (χ0) is 11.5. The van der Waals surface area contributed by atoms with E-state index in [0.717, 1.165) is 6.42 Å². The minimum Gasteiger partial charge on any atom is -0.481 e. The number of hydrogen-bond donors (Lipinski definition) is 1. The molecule has 1 fully saturated rings. The summed E-state index contributed by atoms with van der Waals surface area (Å²) < 4.78 is 11.2. The van der Waals surface area contributed by atoms with Gasteiger partial charge in [0.15, 0.2) is 5.79 Å². The minimum atomic E-state index is -0.774. The molecule has 15 heavy (non-hydrogen) atoms. The van der Waals surface area contributed by atoms with Crippen LogP contribution in [0.4, 0.5) is 0 Å². The van der Waals surface area contributed by atoms with Crippen LogP contribution in [0.5, 0.6) is 0 Å². The van der Waals surface area contributed by atoms with Crippen LogP contribution in [0.3, 0.4) is 0 Å². The molecule has 0 amide bonds. The van der Waals surface area contributed by atoms with E-state index in [-0.39, 0.29) is 12.0 Å². The van der Waals surface area contributed by atoms with Crippen molar-refractivity contribution in [3.05, 3.63) is 0 Å². The van der Waals surface area contributed by atoms with E-state index in [1.807, 2.05) is 20.8 Å². The molecule has 3 atom stereocenters. The summed E-state index contributed by atoms with van der Waals surface area (Å²) in [6, 6.07) is 0. The third kappa shape index (κ3) is 3.47. The van der Waals surface area contributed by atoms with E-state index in [9.17, 15) is 4.79 Å². The summed E-state index contributed by atoms with van der Waals surface area (Å²) in [7, 11) is 0. The average molecular weight is 216 g/mol. The van der Waals surface area contributed by atoms with Gasteiger partial charge in [-0.2, -0.15) is 0 Å². The van der Waals surface area contributed by atoms with E-state index in [4.69, 9.17) is 14.6 Å². The Labute approximate surface area is 90.6 Å². The van der Waals surface area contributed by atoms with E-state index in [0.29, 0.717) is 19.4 Å². The van der Waals surface area contributed by atoms with E-state index in [1.54, 1.807) is 0 Å². The maximum absolute atomic E-state index is 10.9. The van der Waals surface area contributed by atoms with Gasteiger partial charge in [-0.15, -0.1) is 0 Å². The molecular formula is C11H20O4. The normalized spacial score (nSPS) is 33.7. The molecule has 0 aromatic heterocycles. The van der Waals surface area contributed by atoms with Gasteiger partial charge in [0.05, 0.1) is 18.6 Å². The van der Waals surface area contributed by atoms with Crippen molar-refractivity contribution in [1.82, 2.24) is 0 Å². The fourth-order valence-corrected chi connectivity index (χ4v) is 1.92. The summed E-state index contributed by atoms with van der Waals surface area (Å²) in [6.07, 6.45) is 2.05. The predicted octanol–water partition coefficient (Wildman–Crippen LogP) is 2.03. The van der Waals surface area contributed by atoms with E-state index in [1.165, 1.54) is 0 Å². The van der Waals surface area contributed by atoms with Crippen LogP contribution in [0.25, 0.3) is 0 Å². The molecule has 1 aliphatic rings. The number of ether oxygens (including phenoxy) is 2. The van der Waals surface area contributed by atoms with Crippen molar-refractivity contribution >= 4 is 5.97 Å². The van der Waals surface area contributed by atoms with Gasteiger partial charge in [-0.25, -0.2) is 0 Å². The van der Waals surface area contributed by atoms with Gasteiger partial charge in [0, 0.05) is 6.42 Å². The fourth-order valence-electron chi connectivity index (χ4n) is 1.92. The Morgan fingerprint density at radius 1 is 1.67 bits per heavy atom. The maximum Gasteiger partial charge on any atom is 0.306 e. The van der Waals surface area contributed by atoms with Crippen LogP contribution in [-0.2, 0) is 14.3 Å². The molecule has 0 aromatic rings. The van der Waals surface area contributed by atoms with E-state index < -0.39 is 11.8 Å². The fraction of sp³-hybridized carbons (Fsp3) is 0.909. The van der Waals surface area contributed by atoms with Crippen LogP contribution in [0, 0.1) is 5.92 Å². The van der Waals surface area contributed by atoms with Crippen molar-refractivity contribution in [1.29, 1.82) is 0 Å². The predicted molar refractivity (Wildman–Crippen MR) is 55.6 cm³/mol. The van der Waals surface area contributed by atoms with Crippen molar-refractivity contribution in [2.75, 3.05) is 6.61 Å². The molecule has 1 aliphatic heterocycles. The topological polar surface area (TPSA) is 55.8 Å². The average Bonchev–Trinajstić information content (AvgIpc) is 2.13. The Bertz CT molecular complexity index is 229. The highest BCUT2D eigenvalue weighted by Gasteiger charge is 2.36. The maximum atomic E-state index is 10.9. The third-order valence-corrected chi connectivity index (χ3v) is 2.84. The number of carbonyl (C=O) groups is 1. The lowest BCUT2D eigenvalue weighted by Crippen LogP contribution is -2.43. The van der Waals surface area contributed by atoms with Gasteiger partial charge in [-0.05, 0) is 26.7 Å². The molecule has 1 saturated heterocycles. The van der Waals surface area contributed by atoms with Gasteiger partial charge < -0.3 is 14.6 Å². The van der Waals surface area contributed by atoms with Crippen LogP contribution >= 0.6 is 0 Å². The van der Waals surface area contributed by atoms with E-state index >= 15 is 0 Å². The Balaban J connectivity index is 2.57. The lowest BCUT2D eigenvalue weighted by molar-refractivity contribution is -0.287. The second-order valence-corrected chi connectivity index (χ2v) is 4.35. The molecule has 1 rings (SSSR count). The highest BCUT2D eigenvalue weighted by molar-refractivity contribution is 5.69. The second-order valence-electron chi connectivity index (χ2n) is 4.35. The minimum absolute atomic E-state index is 0.148. The van der Waals surface area contributed by atoms with Crippen molar-refractivity contribution in [3.63, 3.8) is 0 Å².